The van der Waals surface area contributed by atoms with E-state index in [4.69, 9.17) is 23.7 Å². The summed E-state index contributed by atoms with van der Waals surface area (Å²) in [6, 6.07) is 7.74. The monoisotopic (exact) mass is 825 g/mol. The van der Waals surface area contributed by atoms with Crippen molar-refractivity contribution < 1.29 is 56.8 Å². The van der Waals surface area contributed by atoms with Crippen molar-refractivity contribution in [1.82, 2.24) is 14.8 Å². The average Bonchev–Trinajstić information content (AvgIpc) is 3.15. The molecule has 5 amide bonds. The van der Waals surface area contributed by atoms with Crippen LogP contribution in [0.4, 0.5) is 25.5 Å². The number of carbonyl (C=O) groups excluding carboxylic acids is 6. The molecule has 0 bridgehead atoms. The molecular formula is C42H56FN5O11. The van der Waals surface area contributed by atoms with Crippen LogP contribution in [0.1, 0.15) is 75.2 Å². The molecule has 0 aliphatic carbocycles. The first-order valence-electron chi connectivity index (χ1n) is 19.2. The van der Waals surface area contributed by atoms with Gasteiger partial charge in [-0.05, 0) is 91.3 Å². The number of rotatable bonds is 10. The van der Waals surface area contributed by atoms with Crippen LogP contribution in [0.5, 0.6) is 0 Å². The van der Waals surface area contributed by atoms with E-state index in [1.807, 2.05) is 0 Å². The standard InChI is InChI=1S/C40H52FN5O11.C2H4/c1-10-29(41)28(35(49)44-15-18-53-19-16-44)21-24(2)45-17-20-54-34(36(45)50)31(55-25(3)47)23-33(48)42-27-12-13-30-26(22-27)11-14-32(43-30)46(37(51)56-39(4,5)6)38(52)57-40(7,8)9;1-2/h11-14,21-22,31,34H,10,15-20,23H2,1-9H3,(H,42,48);1-2H2/b24-21+,29-28-;. The highest BCUT2D eigenvalue weighted by molar-refractivity contribution is 6.09. The van der Waals surface area contributed by atoms with Gasteiger partial charge in [0.15, 0.2) is 6.10 Å². The fraction of sp³-hybridized carbons (Fsp3) is 0.500. The predicted octanol–water partition coefficient (Wildman–Crippen LogP) is 6.60. The third-order valence-corrected chi connectivity index (χ3v) is 8.41. The van der Waals surface area contributed by atoms with Crippen LogP contribution in [-0.2, 0) is 42.9 Å². The second kappa shape index (κ2) is 20.8. The summed E-state index contributed by atoms with van der Waals surface area (Å²) in [4.78, 5) is 86.8. The molecule has 1 aromatic heterocycles. The van der Waals surface area contributed by atoms with Gasteiger partial charge in [-0.3, -0.25) is 19.2 Å². The number of esters is 1. The lowest BCUT2D eigenvalue weighted by Crippen LogP contribution is -2.53. The highest BCUT2D eigenvalue weighted by Gasteiger charge is 2.40. The normalized spacial score (nSPS) is 17.2. The zero-order chi connectivity index (χ0) is 44.2. The summed E-state index contributed by atoms with van der Waals surface area (Å²) >= 11 is 0. The molecule has 322 valence electrons. The van der Waals surface area contributed by atoms with Gasteiger partial charge in [-0.1, -0.05) is 6.92 Å². The molecule has 2 aromatic rings. The second-order valence-electron chi connectivity index (χ2n) is 15.4. The maximum atomic E-state index is 15.1. The molecule has 0 spiro atoms. The first-order chi connectivity index (χ1) is 27.7. The number of allylic oxidation sites excluding steroid dienone is 2. The van der Waals surface area contributed by atoms with Crippen molar-refractivity contribution in [3.05, 3.63) is 66.7 Å². The minimum atomic E-state index is -1.38. The quantitative estimate of drug-likeness (QED) is 0.0893. The Hall–Kier alpha value is -5.68. The van der Waals surface area contributed by atoms with E-state index in [9.17, 15) is 28.8 Å². The minimum absolute atomic E-state index is 0.00658. The Morgan fingerprint density at radius 2 is 1.58 bits per heavy atom. The molecule has 2 saturated heterocycles. The number of carbonyl (C=O) groups is 6. The smallest absolute Gasteiger partial charge is 0.425 e. The van der Waals surface area contributed by atoms with E-state index in [1.165, 1.54) is 21.9 Å². The van der Waals surface area contributed by atoms with Crippen LogP contribution in [-0.4, -0.2) is 114 Å². The number of nitrogens with one attached hydrogen (secondary N) is 1. The molecule has 2 fully saturated rings. The lowest BCUT2D eigenvalue weighted by atomic mass is 10.1. The summed E-state index contributed by atoms with van der Waals surface area (Å²) in [6.45, 7) is 21.6. The van der Waals surface area contributed by atoms with Crippen LogP contribution in [0.3, 0.4) is 0 Å². The number of anilines is 2. The van der Waals surface area contributed by atoms with Crippen molar-refractivity contribution in [2.45, 2.75) is 98.6 Å². The molecule has 1 N–H and O–H groups in total. The minimum Gasteiger partial charge on any atom is -0.459 e. The van der Waals surface area contributed by atoms with Gasteiger partial charge in [-0.25, -0.2) is 19.0 Å². The number of benzene rings is 1. The van der Waals surface area contributed by atoms with Gasteiger partial charge in [0, 0.05) is 43.3 Å². The molecule has 0 radical (unpaired) electrons. The van der Waals surface area contributed by atoms with E-state index in [2.05, 4.69) is 23.5 Å². The molecule has 4 rings (SSSR count). The van der Waals surface area contributed by atoms with Crippen LogP contribution in [0.2, 0.25) is 0 Å². The average molecular weight is 826 g/mol. The van der Waals surface area contributed by atoms with Crippen molar-refractivity contribution in [2.75, 3.05) is 49.7 Å². The molecular weight excluding hydrogens is 769 g/mol. The summed E-state index contributed by atoms with van der Waals surface area (Å²) in [6.07, 6.45) is -3.84. The number of hydrogen-bond donors (Lipinski definition) is 1. The van der Waals surface area contributed by atoms with E-state index in [-0.39, 0.29) is 36.7 Å². The maximum absolute atomic E-state index is 15.1. The van der Waals surface area contributed by atoms with Gasteiger partial charge in [-0.2, -0.15) is 4.90 Å². The van der Waals surface area contributed by atoms with E-state index in [0.717, 1.165) is 6.92 Å². The van der Waals surface area contributed by atoms with Gasteiger partial charge < -0.3 is 38.8 Å². The third kappa shape index (κ3) is 13.7. The fourth-order valence-electron chi connectivity index (χ4n) is 5.90. The Morgan fingerprint density at radius 1 is 0.966 bits per heavy atom. The third-order valence-electron chi connectivity index (χ3n) is 8.41. The Morgan fingerprint density at radius 3 is 2.14 bits per heavy atom. The zero-order valence-electron chi connectivity index (χ0n) is 35.3. The Bertz CT molecular complexity index is 1920. The highest BCUT2D eigenvalue weighted by Crippen LogP contribution is 2.27. The molecule has 2 unspecified atom stereocenters. The van der Waals surface area contributed by atoms with Crippen molar-refractivity contribution >= 4 is 58.3 Å². The van der Waals surface area contributed by atoms with Gasteiger partial charge in [0.05, 0.1) is 37.3 Å². The van der Waals surface area contributed by atoms with Crippen molar-refractivity contribution in [3.8, 4) is 0 Å². The lowest BCUT2D eigenvalue weighted by Gasteiger charge is -2.36. The van der Waals surface area contributed by atoms with E-state index < -0.39 is 71.5 Å². The Kier molecular flexibility index (Phi) is 16.8. The molecule has 59 heavy (non-hydrogen) atoms. The van der Waals surface area contributed by atoms with Crippen molar-refractivity contribution in [2.24, 2.45) is 0 Å². The molecule has 1 aromatic carbocycles. The Labute approximate surface area is 344 Å². The van der Waals surface area contributed by atoms with Gasteiger partial charge in [0.25, 0.3) is 11.8 Å². The van der Waals surface area contributed by atoms with Gasteiger partial charge in [-0.15, -0.1) is 13.2 Å². The Balaban J connectivity index is 0.00000458. The maximum Gasteiger partial charge on any atom is 0.425 e. The molecule has 16 nitrogen and oxygen atoms in total. The summed E-state index contributed by atoms with van der Waals surface area (Å²) in [5, 5.41) is 3.26. The molecule has 17 heteroatoms. The number of ether oxygens (including phenoxy) is 5. The van der Waals surface area contributed by atoms with E-state index in [0.29, 0.717) is 47.8 Å². The summed E-state index contributed by atoms with van der Waals surface area (Å²) in [7, 11) is 0. The van der Waals surface area contributed by atoms with Crippen LogP contribution < -0.4 is 10.2 Å². The highest BCUT2D eigenvalue weighted by atomic mass is 19.1. The second-order valence-corrected chi connectivity index (χ2v) is 15.4. The van der Waals surface area contributed by atoms with Crippen molar-refractivity contribution in [3.63, 3.8) is 0 Å². The molecule has 3 heterocycles. The van der Waals surface area contributed by atoms with Crippen LogP contribution >= 0.6 is 0 Å². The number of imide groups is 1. The van der Waals surface area contributed by atoms with Crippen LogP contribution in [0.15, 0.2) is 66.7 Å². The number of amides is 5. The van der Waals surface area contributed by atoms with E-state index in [1.54, 1.807) is 79.7 Å². The fourth-order valence-corrected chi connectivity index (χ4v) is 5.90. The zero-order valence-corrected chi connectivity index (χ0v) is 35.3. The van der Waals surface area contributed by atoms with Gasteiger partial charge in [0.2, 0.25) is 5.91 Å². The number of morpholine rings is 2. The van der Waals surface area contributed by atoms with Crippen LogP contribution in [0.25, 0.3) is 10.9 Å². The number of fused-ring (bicyclic) bond motifs is 1. The SMILES string of the molecule is C=C.CC/C(F)=C(\C=C(/C)N1CCOC(C(CC(=O)Nc2ccc3nc(N(C(=O)OC(C)(C)C)C(=O)OC(C)(C)C)ccc3c2)OC(C)=O)C1=O)C(=O)N1CCOCC1. The molecule has 2 atom stereocenters. The number of pyridine rings is 1. The predicted molar refractivity (Wildman–Crippen MR) is 218 cm³/mol. The summed E-state index contributed by atoms with van der Waals surface area (Å²) in [5.74, 6) is -3.20. The number of hydrogen-bond acceptors (Lipinski definition) is 12. The molecule has 2 aliphatic rings. The first kappa shape index (κ1) is 47.7. The van der Waals surface area contributed by atoms with Gasteiger partial charge >= 0.3 is 18.2 Å². The van der Waals surface area contributed by atoms with Gasteiger partial charge in [0.1, 0.15) is 29.0 Å². The summed E-state index contributed by atoms with van der Waals surface area (Å²) in [5.41, 5.74) is -1.03. The van der Waals surface area contributed by atoms with E-state index >= 15 is 4.39 Å². The summed E-state index contributed by atoms with van der Waals surface area (Å²) < 4.78 is 42.5. The van der Waals surface area contributed by atoms with Crippen molar-refractivity contribution in [1.29, 1.82) is 0 Å². The largest absolute Gasteiger partial charge is 0.459 e. The lowest BCUT2D eigenvalue weighted by molar-refractivity contribution is -0.172. The topological polar surface area (TPSA) is 183 Å². The first-order valence-corrected chi connectivity index (χ1v) is 19.2. The molecule has 0 saturated carbocycles. The molecule has 2 aliphatic heterocycles. The number of aromatic nitrogens is 1. The number of halogens is 1. The number of nitrogens with zero attached hydrogens (tertiary/aromatic N) is 4. The van der Waals surface area contributed by atoms with Crippen LogP contribution in [0, 0.1) is 0 Å².